The third kappa shape index (κ3) is 5.17. The number of aromatic nitrogens is 1. The van der Waals surface area contributed by atoms with Crippen LogP contribution in [0.5, 0.6) is 5.75 Å². The first-order chi connectivity index (χ1) is 14.6. The second-order valence-corrected chi connectivity index (χ2v) is 8.15. The lowest BCUT2D eigenvalue weighted by atomic mass is 10.1. The highest BCUT2D eigenvalue weighted by atomic mass is 35.5. The molecule has 0 saturated carbocycles. The Hall–Kier alpha value is -2.47. The molecule has 0 radical (unpaired) electrons. The molecule has 2 heterocycles. The van der Waals surface area contributed by atoms with E-state index < -0.39 is 0 Å². The lowest BCUT2D eigenvalue weighted by molar-refractivity contribution is 0.102. The van der Waals surface area contributed by atoms with Crippen LogP contribution < -0.4 is 10.1 Å². The molecule has 1 amide bonds. The van der Waals surface area contributed by atoms with Gasteiger partial charge in [-0.3, -0.25) is 9.69 Å². The highest BCUT2D eigenvalue weighted by molar-refractivity contribution is 6.32. The number of carbonyl (C=O) groups excluding carboxylic acids is 1. The Morgan fingerprint density at radius 1 is 1.03 bits per heavy atom. The molecule has 0 unspecified atom stereocenters. The molecular formula is C23H23Cl2N3O2. The Balaban J connectivity index is 1.35. The molecule has 0 aliphatic carbocycles. The van der Waals surface area contributed by atoms with Gasteiger partial charge in [-0.1, -0.05) is 35.3 Å². The van der Waals surface area contributed by atoms with Crippen molar-refractivity contribution in [2.75, 3.05) is 31.6 Å². The third-order valence-electron chi connectivity index (χ3n) is 5.16. The Bertz CT molecular complexity index is 1010. The van der Waals surface area contributed by atoms with E-state index in [2.05, 4.69) is 15.2 Å². The number of likely N-dealkylation sites (tertiary alicyclic amines) is 1. The predicted molar refractivity (Wildman–Crippen MR) is 122 cm³/mol. The lowest BCUT2D eigenvalue weighted by Gasteiger charge is -2.15. The Kier molecular flexibility index (Phi) is 6.62. The van der Waals surface area contributed by atoms with Crippen LogP contribution in [-0.4, -0.2) is 42.0 Å². The molecule has 1 aliphatic rings. The summed E-state index contributed by atoms with van der Waals surface area (Å²) in [7, 11) is 0. The van der Waals surface area contributed by atoms with E-state index in [4.69, 9.17) is 27.9 Å². The number of nitrogens with zero attached hydrogens (tertiary/aromatic N) is 1. The fourth-order valence-electron chi connectivity index (χ4n) is 3.52. The summed E-state index contributed by atoms with van der Waals surface area (Å²) in [4.78, 5) is 18.0. The summed E-state index contributed by atoms with van der Waals surface area (Å²) >= 11 is 12.3. The van der Waals surface area contributed by atoms with Crippen LogP contribution in [-0.2, 0) is 0 Å². The van der Waals surface area contributed by atoms with E-state index >= 15 is 0 Å². The summed E-state index contributed by atoms with van der Waals surface area (Å²) in [5, 5.41) is 4.01. The Labute approximate surface area is 185 Å². The van der Waals surface area contributed by atoms with Crippen LogP contribution >= 0.6 is 23.2 Å². The molecule has 2 aromatic carbocycles. The van der Waals surface area contributed by atoms with Gasteiger partial charge in [0.25, 0.3) is 5.91 Å². The van der Waals surface area contributed by atoms with E-state index in [-0.39, 0.29) is 5.91 Å². The average molecular weight is 444 g/mol. The van der Waals surface area contributed by atoms with Gasteiger partial charge in [-0.15, -0.1) is 0 Å². The van der Waals surface area contributed by atoms with Gasteiger partial charge in [-0.25, -0.2) is 0 Å². The van der Waals surface area contributed by atoms with Gasteiger partial charge in [0.05, 0.1) is 5.02 Å². The van der Waals surface area contributed by atoms with E-state index in [0.717, 1.165) is 30.8 Å². The first-order valence-corrected chi connectivity index (χ1v) is 10.7. The average Bonchev–Trinajstić information content (AvgIpc) is 3.42. The molecule has 1 saturated heterocycles. The van der Waals surface area contributed by atoms with Crippen LogP contribution in [0.2, 0.25) is 10.0 Å². The highest BCUT2D eigenvalue weighted by Gasteiger charge is 2.13. The number of carbonyl (C=O) groups is 1. The maximum atomic E-state index is 12.6. The zero-order chi connectivity index (χ0) is 20.9. The van der Waals surface area contributed by atoms with E-state index in [1.165, 1.54) is 12.8 Å². The van der Waals surface area contributed by atoms with Gasteiger partial charge in [0.1, 0.15) is 18.1 Å². The SMILES string of the molecule is O=C(Nc1ccc(OCCN2CCCC2)c(Cl)c1)c1cc(-c2ccc(Cl)cc2)c[nH]1. The number of rotatable bonds is 7. The molecule has 2 N–H and O–H groups in total. The molecule has 1 aliphatic heterocycles. The van der Waals surface area contributed by atoms with Gasteiger partial charge >= 0.3 is 0 Å². The number of ether oxygens (including phenoxy) is 1. The molecule has 0 atom stereocenters. The maximum absolute atomic E-state index is 12.6. The normalized spacial score (nSPS) is 14.1. The smallest absolute Gasteiger partial charge is 0.272 e. The van der Waals surface area contributed by atoms with Crippen molar-refractivity contribution in [1.29, 1.82) is 0 Å². The fraction of sp³-hybridized carbons (Fsp3) is 0.261. The monoisotopic (exact) mass is 443 g/mol. The minimum atomic E-state index is -0.242. The van der Waals surface area contributed by atoms with Crippen molar-refractivity contribution in [3.05, 3.63) is 70.5 Å². The number of nitrogens with one attached hydrogen (secondary N) is 2. The van der Waals surface area contributed by atoms with Crippen LogP contribution in [0.4, 0.5) is 5.69 Å². The number of H-pyrrole nitrogens is 1. The summed E-state index contributed by atoms with van der Waals surface area (Å²) in [5.74, 6) is 0.382. The van der Waals surface area contributed by atoms with Crippen molar-refractivity contribution >= 4 is 34.8 Å². The topological polar surface area (TPSA) is 57.4 Å². The van der Waals surface area contributed by atoms with Crippen molar-refractivity contribution in [3.8, 4) is 16.9 Å². The molecular weight excluding hydrogens is 421 g/mol. The molecule has 30 heavy (non-hydrogen) atoms. The fourth-order valence-corrected chi connectivity index (χ4v) is 3.88. The highest BCUT2D eigenvalue weighted by Crippen LogP contribution is 2.28. The maximum Gasteiger partial charge on any atom is 0.272 e. The van der Waals surface area contributed by atoms with E-state index in [9.17, 15) is 4.79 Å². The predicted octanol–water partition coefficient (Wildman–Crippen LogP) is 5.72. The van der Waals surface area contributed by atoms with E-state index in [0.29, 0.717) is 33.8 Å². The van der Waals surface area contributed by atoms with Crippen molar-refractivity contribution in [2.24, 2.45) is 0 Å². The van der Waals surface area contributed by atoms with Gasteiger partial charge in [-0.05, 0) is 73.5 Å². The molecule has 3 aromatic rings. The molecule has 7 heteroatoms. The van der Waals surface area contributed by atoms with Crippen LogP contribution in [0.15, 0.2) is 54.7 Å². The van der Waals surface area contributed by atoms with Gasteiger partial charge in [0.15, 0.2) is 0 Å². The number of amides is 1. The number of hydrogen-bond acceptors (Lipinski definition) is 3. The second kappa shape index (κ2) is 9.56. The minimum Gasteiger partial charge on any atom is -0.491 e. The van der Waals surface area contributed by atoms with E-state index in [1.807, 2.05) is 24.3 Å². The molecule has 5 nitrogen and oxygen atoms in total. The van der Waals surface area contributed by atoms with Gasteiger partial charge < -0.3 is 15.0 Å². The first kappa shape index (κ1) is 20.8. The Morgan fingerprint density at radius 2 is 1.80 bits per heavy atom. The van der Waals surface area contributed by atoms with Crippen LogP contribution in [0, 0.1) is 0 Å². The second-order valence-electron chi connectivity index (χ2n) is 7.31. The summed E-state index contributed by atoms with van der Waals surface area (Å²) in [6.07, 6.45) is 4.32. The molecule has 0 bridgehead atoms. The van der Waals surface area contributed by atoms with E-state index in [1.54, 1.807) is 30.5 Å². The van der Waals surface area contributed by atoms with Gasteiger partial charge in [0.2, 0.25) is 0 Å². The van der Waals surface area contributed by atoms with Gasteiger partial charge in [-0.2, -0.15) is 0 Å². The zero-order valence-corrected chi connectivity index (χ0v) is 18.0. The molecule has 156 valence electrons. The zero-order valence-electron chi connectivity index (χ0n) is 16.5. The molecule has 4 rings (SSSR count). The van der Waals surface area contributed by atoms with Crippen molar-refractivity contribution in [2.45, 2.75) is 12.8 Å². The summed E-state index contributed by atoms with van der Waals surface area (Å²) in [5.41, 5.74) is 2.96. The first-order valence-electron chi connectivity index (χ1n) is 9.99. The van der Waals surface area contributed by atoms with Crippen LogP contribution in [0.1, 0.15) is 23.3 Å². The number of hydrogen-bond donors (Lipinski definition) is 2. The van der Waals surface area contributed by atoms with Crippen LogP contribution in [0.3, 0.4) is 0 Å². The number of anilines is 1. The van der Waals surface area contributed by atoms with Crippen LogP contribution in [0.25, 0.3) is 11.1 Å². The Morgan fingerprint density at radius 3 is 2.53 bits per heavy atom. The summed E-state index contributed by atoms with van der Waals surface area (Å²) in [6, 6.07) is 14.5. The number of benzene rings is 2. The largest absolute Gasteiger partial charge is 0.491 e. The molecule has 1 aromatic heterocycles. The lowest BCUT2D eigenvalue weighted by Crippen LogP contribution is -2.25. The summed E-state index contributed by atoms with van der Waals surface area (Å²) in [6.45, 7) is 3.78. The number of halogens is 2. The van der Waals surface area contributed by atoms with Crippen molar-refractivity contribution in [1.82, 2.24) is 9.88 Å². The minimum absolute atomic E-state index is 0.242. The third-order valence-corrected chi connectivity index (χ3v) is 5.71. The van der Waals surface area contributed by atoms with Crippen molar-refractivity contribution in [3.63, 3.8) is 0 Å². The summed E-state index contributed by atoms with van der Waals surface area (Å²) < 4.78 is 5.80. The van der Waals surface area contributed by atoms with Gasteiger partial charge in [0, 0.05) is 23.5 Å². The molecule has 0 spiro atoms. The quantitative estimate of drug-likeness (QED) is 0.491. The standard InChI is InChI=1S/C23H23Cl2N3O2/c24-18-5-3-16(4-6-18)17-13-21(26-15-17)23(29)27-19-7-8-22(20(25)14-19)30-12-11-28-9-1-2-10-28/h3-8,13-15,26H,1-2,9-12H2,(H,27,29). The van der Waals surface area contributed by atoms with Crippen molar-refractivity contribution < 1.29 is 9.53 Å². The number of aromatic amines is 1. The molecule has 1 fully saturated rings.